The maximum atomic E-state index is 10.7. The van der Waals surface area contributed by atoms with Crippen LogP contribution in [0.5, 0.6) is 0 Å². The van der Waals surface area contributed by atoms with Crippen LogP contribution in [-0.4, -0.2) is 33.2 Å². The molecule has 0 fully saturated rings. The summed E-state index contributed by atoms with van der Waals surface area (Å²) in [6.45, 7) is 1.78. The molecular formula is C20H18O6. The molecule has 0 heterocycles. The maximum Gasteiger partial charge on any atom is 0.336 e. The summed E-state index contributed by atoms with van der Waals surface area (Å²) in [7, 11) is 0. The third-order valence-electron chi connectivity index (χ3n) is 3.17. The quantitative estimate of drug-likeness (QED) is 0.707. The molecule has 26 heavy (non-hydrogen) atoms. The summed E-state index contributed by atoms with van der Waals surface area (Å²) >= 11 is 0. The lowest BCUT2D eigenvalue weighted by Crippen LogP contribution is -1.99. The highest BCUT2D eigenvalue weighted by molar-refractivity contribution is 5.94. The van der Waals surface area contributed by atoms with E-state index in [2.05, 4.69) is 0 Å². The first-order valence-electron chi connectivity index (χ1n) is 7.51. The van der Waals surface area contributed by atoms with Gasteiger partial charge in [0.1, 0.15) is 0 Å². The Bertz CT molecular complexity index is 834. The summed E-state index contributed by atoms with van der Waals surface area (Å²) in [5, 5.41) is 25.6. The van der Waals surface area contributed by atoms with Crippen molar-refractivity contribution in [3.8, 4) is 0 Å². The van der Waals surface area contributed by atoms with Crippen molar-refractivity contribution in [1.29, 1.82) is 0 Å². The van der Waals surface area contributed by atoms with Crippen LogP contribution in [0, 0.1) is 0 Å². The zero-order valence-electron chi connectivity index (χ0n) is 14.0. The minimum Gasteiger partial charge on any atom is -0.478 e. The molecule has 2 rings (SSSR count). The number of aromatic carboxylic acids is 1. The van der Waals surface area contributed by atoms with Crippen molar-refractivity contribution in [3.63, 3.8) is 0 Å². The van der Waals surface area contributed by atoms with E-state index in [9.17, 15) is 14.4 Å². The fourth-order valence-corrected chi connectivity index (χ4v) is 1.97. The van der Waals surface area contributed by atoms with E-state index in [1.54, 1.807) is 25.1 Å². The van der Waals surface area contributed by atoms with E-state index in [1.807, 2.05) is 30.3 Å². The van der Waals surface area contributed by atoms with Crippen molar-refractivity contribution in [3.05, 3.63) is 83.4 Å². The SMILES string of the molecule is CC(=CC(=O)O)c1ccccc1.O=C(O)C=Cc1ccccc1C(=O)O. The molecule has 0 amide bonds. The van der Waals surface area contributed by atoms with Gasteiger partial charge in [-0.1, -0.05) is 48.5 Å². The predicted octanol–water partition coefficient (Wildman–Crippen LogP) is 3.66. The average Bonchev–Trinajstić information content (AvgIpc) is 2.61. The molecule has 6 heteroatoms. The van der Waals surface area contributed by atoms with Crippen LogP contribution in [0.25, 0.3) is 11.6 Å². The van der Waals surface area contributed by atoms with E-state index in [0.29, 0.717) is 5.56 Å². The van der Waals surface area contributed by atoms with Gasteiger partial charge in [0.15, 0.2) is 0 Å². The number of allylic oxidation sites excluding steroid dienone is 1. The number of hydrogen-bond donors (Lipinski definition) is 3. The number of rotatable bonds is 5. The molecule has 0 aliphatic heterocycles. The number of aliphatic carboxylic acids is 2. The molecular weight excluding hydrogens is 336 g/mol. The van der Waals surface area contributed by atoms with E-state index in [0.717, 1.165) is 17.2 Å². The van der Waals surface area contributed by atoms with E-state index in [1.165, 1.54) is 18.2 Å². The van der Waals surface area contributed by atoms with Crippen LogP contribution >= 0.6 is 0 Å². The molecule has 0 unspecified atom stereocenters. The van der Waals surface area contributed by atoms with E-state index in [4.69, 9.17) is 15.3 Å². The molecule has 3 N–H and O–H groups in total. The molecule has 6 nitrogen and oxygen atoms in total. The first kappa shape index (κ1) is 20.4. The molecule has 0 bridgehead atoms. The van der Waals surface area contributed by atoms with Gasteiger partial charge in [0.2, 0.25) is 0 Å². The number of carboxylic acid groups (broad SMARTS) is 3. The Morgan fingerprint density at radius 2 is 1.38 bits per heavy atom. The molecule has 0 radical (unpaired) electrons. The monoisotopic (exact) mass is 354 g/mol. The van der Waals surface area contributed by atoms with Crippen LogP contribution in [0.15, 0.2) is 66.7 Å². The molecule has 0 saturated carbocycles. The minimum absolute atomic E-state index is 0.0880. The summed E-state index contributed by atoms with van der Waals surface area (Å²) in [5.41, 5.74) is 2.18. The van der Waals surface area contributed by atoms with Gasteiger partial charge in [0.25, 0.3) is 0 Å². The smallest absolute Gasteiger partial charge is 0.336 e. The van der Waals surface area contributed by atoms with Gasteiger partial charge in [0.05, 0.1) is 5.56 Å². The molecule has 134 valence electrons. The third-order valence-corrected chi connectivity index (χ3v) is 3.17. The van der Waals surface area contributed by atoms with Crippen LogP contribution in [-0.2, 0) is 9.59 Å². The van der Waals surface area contributed by atoms with E-state index in [-0.39, 0.29) is 5.56 Å². The van der Waals surface area contributed by atoms with Gasteiger partial charge in [-0.25, -0.2) is 14.4 Å². The summed E-state index contributed by atoms with van der Waals surface area (Å²) < 4.78 is 0. The van der Waals surface area contributed by atoms with Crippen molar-refractivity contribution in [2.24, 2.45) is 0 Å². The van der Waals surface area contributed by atoms with Crippen molar-refractivity contribution in [2.75, 3.05) is 0 Å². The fourth-order valence-electron chi connectivity index (χ4n) is 1.97. The summed E-state index contributed by atoms with van der Waals surface area (Å²) in [5.74, 6) is -3.09. The molecule has 0 saturated heterocycles. The predicted molar refractivity (Wildman–Crippen MR) is 97.8 cm³/mol. The maximum absolute atomic E-state index is 10.7. The molecule has 0 atom stereocenters. The third kappa shape index (κ3) is 7.27. The van der Waals surface area contributed by atoms with Gasteiger partial charge in [-0.05, 0) is 35.8 Å². The molecule has 0 aliphatic carbocycles. The second kappa shape index (κ2) is 10.2. The van der Waals surface area contributed by atoms with Gasteiger partial charge >= 0.3 is 17.9 Å². The lowest BCUT2D eigenvalue weighted by Gasteiger charge is -1.98. The van der Waals surface area contributed by atoms with Gasteiger partial charge in [-0.15, -0.1) is 0 Å². The molecule has 0 aliphatic rings. The van der Waals surface area contributed by atoms with Crippen molar-refractivity contribution in [2.45, 2.75) is 6.92 Å². The Hall–Kier alpha value is -3.67. The highest BCUT2D eigenvalue weighted by Gasteiger charge is 2.05. The summed E-state index contributed by atoms with van der Waals surface area (Å²) in [6, 6.07) is 15.6. The highest BCUT2D eigenvalue weighted by atomic mass is 16.4. The van der Waals surface area contributed by atoms with E-state index < -0.39 is 17.9 Å². The van der Waals surface area contributed by atoms with E-state index >= 15 is 0 Å². The molecule has 0 spiro atoms. The lowest BCUT2D eigenvalue weighted by molar-refractivity contribution is -0.132. The van der Waals surface area contributed by atoms with Crippen LogP contribution in [0.2, 0.25) is 0 Å². The molecule has 0 aromatic heterocycles. The number of benzene rings is 2. The standard InChI is InChI=1S/C10H8O4.C10H10O2/c11-9(12)6-5-7-3-1-2-4-8(7)10(13)14;1-8(7-10(11)12)9-5-3-2-4-6-9/h1-6H,(H,11,12)(H,13,14);2-7H,1H3,(H,11,12). The summed E-state index contributed by atoms with van der Waals surface area (Å²) in [6.07, 6.45) is 3.36. The lowest BCUT2D eigenvalue weighted by atomic mass is 10.1. The molecule has 2 aromatic rings. The Labute approximate surface area is 150 Å². The van der Waals surface area contributed by atoms with Gasteiger partial charge in [0, 0.05) is 12.2 Å². The van der Waals surface area contributed by atoms with Crippen LogP contribution in [0.1, 0.15) is 28.4 Å². The zero-order valence-corrected chi connectivity index (χ0v) is 14.0. The number of carboxylic acids is 3. The Kier molecular flexibility index (Phi) is 8.03. The second-order valence-electron chi connectivity index (χ2n) is 5.10. The normalized spacial score (nSPS) is 10.7. The topological polar surface area (TPSA) is 112 Å². The van der Waals surface area contributed by atoms with Gasteiger partial charge < -0.3 is 15.3 Å². The zero-order chi connectivity index (χ0) is 19.5. The van der Waals surface area contributed by atoms with Crippen molar-refractivity contribution in [1.82, 2.24) is 0 Å². The summed E-state index contributed by atoms with van der Waals surface area (Å²) in [4.78, 5) is 31.2. The first-order chi connectivity index (χ1) is 12.3. The second-order valence-corrected chi connectivity index (χ2v) is 5.10. The Morgan fingerprint density at radius 1 is 0.808 bits per heavy atom. The average molecular weight is 354 g/mol. The number of hydrogen-bond acceptors (Lipinski definition) is 3. The molecule has 2 aromatic carbocycles. The number of carbonyl (C=O) groups is 3. The van der Waals surface area contributed by atoms with Crippen molar-refractivity contribution >= 4 is 29.6 Å². The Morgan fingerprint density at radius 3 is 1.92 bits per heavy atom. The fraction of sp³-hybridized carbons (Fsp3) is 0.0500. The minimum atomic E-state index is -1.11. The van der Waals surface area contributed by atoms with Gasteiger partial charge in [-0.2, -0.15) is 0 Å². The highest BCUT2D eigenvalue weighted by Crippen LogP contribution is 2.12. The van der Waals surface area contributed by atoms with Crippen molar-refractivity contribution < 1.29 is 29.7 Å². The Balaban J connectivity index is 0.000000263. The van der Waals surface area contributed by atoms with Crippen LogP contribution in [0.4, 0.5) is 0 Å². The largest absolute Gasteiger partial charge is 0.478 e. The van der Waals surface area contributed by atoms with Crippen LogP contribution in [0.3, 0.4) is 0 Å². The first-order valence-corrected chi connectivity index (χ1v) is 7.51. The van der Waals surface area contributed by atoms with Crippen LogP contribution < -0.4 is 0 Å². The van der Waals surface area contributed by atoms with Gasteiger partial charge in [-0.3, -0.25) is 0 Å².